The minimum Gasteiger partial charge on any atom is -0.456 e. The van der Waals surface area contributed by atoms with E-state index in [9.17, 15) is 9.18 Å². The average molecular weight is 644 g/mol. The van der Waals surface area contributed by atoms with Gasteiger partial charge in [0.15, 0.2) is 0 Å². The molecule has 2 aliphatic rings. The van der Waals surface area contributed by atoms with Gasteiger partial charge in [-0.3, -0.25) is 4.90 Å². The number of aromatic nitrogens is 3. The topological polar surface area (TPSA) is 64.8 Å². The summed E-state index contributed by atoms with van der Waals surface area (Å²) in [5.41, 5.74) is 4.61. The largest absolute Gasteiger partial charge is 0.456 e. The highest BCUT2D eigenvalue weighted by Crippen LogP contribution is 2.28. The molecule has 3 aromatic carbocycles. The fourth-order valence-electron chi connectivity index (χ4n) is 6.30. The lowest BCUT2D eigenvalue weighted by atomic mass is 10.1. The number of carbonyl (C=O) groups excluding carboxylic acids is 1. The minimum atomic E-state index is -0.563. The zero-order valence-corrected chi connectivity index (χ0v) is 27.3. The number of halogens is 2. The Hall–Kier alpha value is -3.92. The first-order valence-electron chi connectivity index (χ1n) is 15.9. The van der Waals surface area contributed by atoms with E-state index in [1.807, 2.05) is 39.1 Å². The number of carbonyl (C=O) groups is 1. The van der Waals surface area contributed by atoms with Crippen LogP contribution in [-0.2, 0) is 29.1 Å². The van der Waals surface area contributed by atoms with E-state index in [2.05, 4.69) is 43.2 Å². The van der Waals surface area contributed by atoms with E-state index in [1.54, 1.807) is 18.2 Å². The van der Waals surface area contributed by atoms with Crippen LogP contribution in [0.25, 0.3) is 21.9 Å². The van der Waals surface area contributed by atoms with Crippen LogP contribution in [0, 0.1) is 5.82 Å². The monoisotopic (exact) mass is 643 g/mol. The van der Waals surface area contributed by atoms with Crippen LogP contribution in [0.5, 0.6) is 0 Å². The fourth-order valence-corrected chi connectivity index (χ4v) is 6.46. The van der Waals surface area contributed by atoms with Crippen molar-refractivity contribution in [2.24, 2.45) is 0 Å². The number of piperazine rings is 1. The van der Waals surface area contributed by atoms with Gasteiger partial charge in [0.1, 0.15) is 17.2 Å². The van der Waals surface area contributed by atoms with Crippen molar-refractivity contribution >= 4 is 45.2 Å². The minimum absolute atomic E-state index is 0.156. The molecule has 2 aliphatic heterocycles. The van der Waals surface area contributed by atoms with Crippen molar-refractivity contribution in [2.75, 3.05) is 37.7 Å². The maximum atomic E-state index is 14.5. The van der Waals surface area contributed by atoms with Crippen LogP contribution < -0.4 is 4.90 Å². The molecule has 46 heavy (non-hydrogen) atoms. The van der Waals surface area contributed by atoms with Crippen LogP contribution >= 0.6 is 11.6 Å². The maximum Gasteiger partial charge on any atom is 0.338 e. The summed E-state index contributed by atoms with van der Waals surface area (Å²) in [5, 5.41) is 1.53. The van der Waals surface area contributed by atoms with Crippen LogP contribution in [0.2, 0.25) is 5.02 Å². The summed E-state index contributed by atoms with van der Waals surface area (Å²) >= 11 is 5.96. The van der Waals surface area contributed by atoms with Crippen LogP contribution in [0.1, 0.15) is 48.9 Å². The molecule has 1 atom stereocenters. The molecule has 8 nitrogen and oxygen atoms in total. The lowest BCUT2D eigenvalue weighted by Gasteiger charge is -2.36. The first-order chi connectivity index (χ1) is 22.1. The number of esters is 1. The van der Waals surface area contributed by atoms with Gasteiger partial charge in [-0.2, -0.15) is 0 Å². The zero-order valence-electron chi connectivity index (χ0n) is 26.5. The van der Waals surface area contributed by atoms with Gasteiger partial charge in [-0.1, -0.05) is 23.7 Å². The van der Waals surface area contributed by atoms with Gasteiger partial charge in [0.2, 0.25) is 0 Å². The van der Waals surface area contributed by atoms with E-state index >= 15 is 0 Å². The molecule has 0 N–H and O–H groups in total. The predicted molar refractivity (Wildman–Crippen MR) is 179 cm³/mol. The molecular weight excluding hydrogens is 605 g/mol. The maximum absolute atomic E-state index is 14.5. The van der Waals surface area contributed by atoms with Crippen molar-refractivity contribution in [1.29, 1.82) is 0 Å². The molecule has 2 fully saturated rings. The lowest BCUT2D eigenvalue weighted by Crippen LogP contribution is -2.46. The van der Waals surface area contributed by atoms with E-state index in [-0.39, 0.29) is 17.9 Å². The van der Waals surface area contributed by atoms with Gasteiger partial charge in [-0.05, 0) is 81.1 Å². The standard InChI is InChI=1S/C36H39ClFN5O3/c1-36(2,3)46-35(44)25-6-9-31-33(18-25)43(22-29-11-17-45-29)34(39-31)23-40-13-15-41(16-14-40)28-8-5-24-10-12-42(32(24)20-28)21-26-4-7-27(37)19-30(26)38/h4-10,12,18-20,29H,11,13-17,21-23H2,1-3H3/t29-/m0/s1. The van der Waals surface area contributed by atoms with Crippen molar-refractivity contribution in [2.45, 2.75) is 58.5 Å². The SMILES string of the molecule is CC(C)(C)OC(=O)c1ccc2nc(CN3CCN(c4ccc5ccn(Cc6ccc(Cl)cc6F)c5c4)CC3)n(C[C@@H]3CCO3)c2c1. The summed E-state index contributed by atoms with van der Waals surface area (Å²) in [4.78, 5) is 22.7. The van der Waals surface area contributed by atoms with Crippen LogP contribution in [0.3, 0.4) is 0 Å². The molecule has 240 valence electrons. The summed E-state index contributed by atoms with van der Waals surface area (Å²) in [6.45, 7) is 11.8. The highest BCUT2D eigenvalue weighted by atomic mass is 35.5. The number of imidazole rings is 1. The Morgan fingerprint density at radius 1 is 1.00 bits per heavy atom. The number of benzene rings is 3. The van der Waals surface area contributed by atoms with Crippen molar-refractivity contribution in [3.05, 3.63) is 94.7 Å². The lowest BCUT2D eigenvalue weighted by molar-refractivity contribution is -0.0592. The molecule has 5 aromatic rings. The molecule has 0 aliphatic carbocycles. The Balaban J connectivity index is 1.06. The van der Waals surface area contributed by atoms with E-state index in [0.717, 1.165) is 72.7 Å². The molecule has 10 heteroatoms. The van der Waals surface area contributed by atoms with Crippen LogP contribution in [0.4, 0.5) is 10.1 Å². The second-order valence-electron chi connectivity index (χ2n) is 13.3. The van der Waals surface area contributed by atoms with E-state index in [1.165, 1.54) is 6.07 Å². The van der Waals surface area contributed by atoms with E-state index < -0.39 is 5.60 Å². The second kappa shape index (κ2) is 12.4. The van der Waals surface area contributed by atoms with E-state index in [4.69, 9.17) is 26.1 Å². The summed E-state index contributed by atoms with van der Waals surface area (Å²) < 4.78 is 30.3. The molecule has 0 spiro atoms. The number of ether oxygens (including phenoxy) is 2. The van der Waals surface area contributed by atoms with Gasteiger partial charge >= 0.3 is 5.97 Å². The molecule has 0 radical (unpaired) electrons. The molecule has 2 saturated heterocycles. The van der Waals surface area contributed by atoms with Gasteiger partial charge in [0.25, 0.3) is 0 Å². The number of hydrogen-bond acceptors (Lipinski definition) is 6. The molecule has 2 aromatic heterocycles. The first kappa shape index (κ1) is 30.7. The molecule has 7 rings (SSSR count). The highest BCUT2D eigenvalue weighted by molar-refractivity contribution is 6.30. The van der Waals surface area contributed by atoms with E-state index in [0.29, 0.717) is 35.8 Å². The van der Waals surface area contributed by atoms with Crippen LogP contribution in [-0.4, -0.2) is 69.5 Å². The van der Waals surface area contributed by atoms with Gasteiger partial charge in [0.05, 0.1) is 47.9 Å². The quantitative estimate of drug-likeness (QED) is 0.172. The second-order valence-corrected chi connectivity index (χ2v) is 13.7. The summed E-state index contributed by atoms with van der Waals surface area (Å²) in [6.07, 6.45) is 3.19. The number of anilines is 1. The molecule has 0 amide bonds. The average Bonchev–Trinajstić information content (AvgIpc) is 3.55. The molecule has 4 heterocycles. The Morgan fingerprint density at radius 3 is 2.52 bits per heavy atom. The van der Waals surface area contributed by atoms with Crippen molar-refractivity contribution in [3.8, 4) is 0 Å². The summed E-state index contributed by atoms with van der Waals surface area (Å²) in [7, 11) is 0. The Kier molecular flexibility index (Phi) is 8.25. The number of rotatable bonds is 8. The third-order valence-corrected chi connectivity index (χ3v) is 9.09. The molecule has 0 bridgehead atoms. The third kappa shape index (κ3) is 6.49. The summed E-state index contributed by atoms with van der Waals surface area (Å²) in [6, 6.07) is 19.1. The van der Waals surface area contributed by atoms with Gasteiger partial charge in [-0.25, -0.2) is 14.2 Å². The first-order valence-corrected chi connectivity index (χ1v) is 16.3. The Morgan fingerprint density at radius 2 is 1.80 bits per heavy atom. The van der Waals surface area contributed by atoms with Crippen molar-refractivity contribution in [1.82, 2.24) is 19.0 Å². The van der Waals surface area contributed by atoms with Gasteiger partial charge in [-0.15, -0.1) is 0 Å². The number of hydrogen-bond donors (Lipinski definition) is 0. The van der Waals surface area contributed by atoms with Crippen molar-refractivity contribution in [3.63, 3.8) is 0 Å². The highest BCUT2D eigenvalue weighted by Gasteiger charge is 2.26. The fraction of sp³-hybridized carbons (Fsp3) is 0.389. The van der Waals surface area contributed by atoms with Gasteiger partial charge < -0.3 is 23.5 Å². The summed E-state index contributed by atoms with van der Waals surface area (Å²) in [5.74, 6) is 0.357. The Bertz CT molecular complexity index is 1900. The molecular formula is C36H39ClFN5O3. The predicted octanol–water partition coefficient (Wildman–Crippen LogP) is 6.90. The third-order valence-electron chi connectivity index (χ3n) is 8.86. The normalized spacial score (nSPS) is 17.5. The zero-order chi connectivity index (χ0) is 32.0. The van der Waals surface area contributed by atoms with Crippen LogP contribution in [0.15, 0.2) is 66.9 Å². The molecule has 0 unspecified atom stereocenters. The number of fused-ring (bicyclic) bond motifs is 2. The molecule has 0 saturated carbocycles. The number of nitrogens with zero attached hydrogens (tertiary/aromatic N) is 5. The smallest absolute Gasteiger partial charge is 0.338 e. The van der Waals surface area contributed by atoms with Crippen molar-refractivity contribution < 1.29 is 18.7 Å². The Labute approximate surface area is 273 Å². The van der Waals surface area contributed by atoms with Gasteiger partial charge in [0, 0.05) is 55.3 Å².